The molecular weight excluding hydrogens is 424 g/mol. The summed E-state index contributed by atoms with van der Waals surface area (Å²) >= 11 is 0. The molecule has 0 aliphatic rings. The highest BCUT2D eigenvalue weighted by Gasteiger charge is 2.17. The van der Waals surface area contributed by atoms with Gasteiger partial charge in [0.25, 0.3) is 5.56 Å². The molecule has 0 atom stereocenters. The van der Waals surface area contributed by atoms with Crippen molar-refractivity contribution >= 4 is 22.8 Å². The topological polar surface area (TPSA) is 69.4 Å². The maximum Gasteiger partial charge on any atom is 0.316 e. The van der Waals surface area contributed by atoms with E-state index in [2.05, 4.69) is 35.7 Å². The molecule has 2 aromatic heterocycles. The second kappa shape index (κ2) is 10.00. The third-order valence-corrected chi connectivity index (χ3v) is 5.63. The lowest BCUT2D eigenvalue weighted by Crippen LogP contribution is -2.20. The normalized spacial score (nSPS) is 11.6. The summed E-state index contributed by atoms with van der Waals surface area (Å²) in [5.74, 6) is 0.366. The Bertz CT molecular complexity index is 1400. The number of benzene rings is 2. The lowest BCUT2D eigenvalue weighted by molar-refractivity contribution is 0.314. The number of hydrogen-bond donors (Lipinski definition) is 0. The van der Waals surface area contributed by atoms with Gasteiger partial charge in [0.15, 0.2) is 0 Å². The van der Waals surface area contributed by atoms with Gasteiger partial charge in [0.1, 0.15) is 0 Å². The van der Waals surface area contributed by atoms with Gasteiger partial charge in [-0.2, -0.15) is 4.98 Å². The fraction of sp³-hybridized carbons (Fsp3) is 0.286. The molecular formula is C28H30N4O2. The zero-order chi connectivity index (χ0) is 24.2. The summed E-state index contributed by atoms with van der Waals surface area (Å²) in [6, 6.07) is 14.2. The van der Waals surface area contributed by atoms with E-state index in [-0.39, 0.29) is 11.6 Å². The lowest BCUT2D eigenvalue weighted by Gasteiger charge is -2.14. The Hall–Kier alpha value is -3.80. The highest BCUT2D eigenvalue weighted by molar-refractivity contribution is 5.92. The number of aryl methyl sites for hydroxylation is 2. The van der Waals surface area contributed by atoms with Crippen LogP contribution in [0.25, 0.3) is 27.7 Å². The summed E-state index contributed by atoms with van der Waals surface area (Å²) in [6.07, 6.45) is 6.36. The number of fused-ring (bicyclic) bond motifs is 1. The number of pyridine rings is 1. The van der Waals surface area contributed by atoms with Gasteiger partial charge in [-0.05, 0) is 61.1 Å². The molecule has 2 aromatic carbocycles. The quantitative estimate of drug-likeness (QED) is 0.318. The van der Waals surface area contributed by atoms with Crippen LogP contribution < -0.4 is 10.3 Å². The molecule has 0 fully saturated rings. The molecule has 174 valence electrons. The van der Waals surface area contributed by atoms with E-state index in [4.69, 9.17) is 4.74 Å². The minimum atomic E-state index is -0.143. The van der Waals surface area contributed by atoms with E-state index < -0.39 is 0 Å². The smallest absolute Gasteiger partial charge is 0.316 e. The van der Waals surface area contributed by atoms with Gasteiger partial charge in [-0.15, -0.1) is 0 Å². The third-order valence-electron chi connectivity index (χ3n) is 5.63. The Balaban J connectivity index is 1.93. The van der Waals surface area contributed by atoms with Crippen molar-refractivity contribution in [3.05, 3.63) is 76.3 Å². The molecule has 0 spiro atoms. The minimum Gasteiger partial charge on any atom is -0.464 e. The maximum atomic E-state index is 13.9. The second-order valence-corrected chi connectivity index (χ2v) is 8.61. The van der Waals surface area contributed by atoms with E-state index in [0.717, 1.165) is 34.3 Å². The van der Waals surface area contributed by atoms with Crippen molar-refractivity contribution in [3.63, 3.8) is 0 Å². The number of aliphatic imine (C=N–C) groups is 1. The summed E-state index contributed by atoms with van der Waals surface area (Å²) in [7, 11) is 0. The van der Waals surface area contributed by atoms with Crippen LogP contribution >= 0.6 is 0 Å². The Morgan fingerprint density at radius 2 is 1.88 bits per heavy atom. The minimum absolute atomic E-state index is 0.143. The lowest BCUT2D eigenvalue weighted by atomic mass is 10.0. The molecule has 0 amide bonds. The van der Waals surface area contributed by atoms with Gasteiger partial charge >= 0.3 is 6.01 Å². The summed E-state index contributed by atoms with van der Waals surface area (Å²) in [4.78, 5) is 27.3. The van der Waals surface area contributed by atoms with Gasteiger partial charge in [0, 0.05) is 29.7 Å². The molecule has 0 aliphatic carbocycles. The van der Waals surface area contributed by atoms with E-state index in [9.17, 15) is 4.79 Å². The van der Waals surface area contributed by atoms with Gasteiger partial charge in [-0.3, -0.25) is 14.4 Å². The zero-order valence-corrected chi connectivity index (χ0v) is 20.4. The fourth-order valence-electron chi connectivity index (χ4n) is 3.81. The molecule has 4 aromatic rings. The van der Waals surface area contributed by atoms with Gasteiger partial charge in [0.2, 0.25) is 0 Å². The molecule has 2 heterocycles. The summed E-state index contributed by atoms with van der Waals surface area (Å²) in [5, 5.41) is 0.761. The van der Waals surface area contributed by atoms with Gasteiger partial charge in [-0.25, -0.2) is 4.98 Å². The summed E-state index contributed by atoms with van der Waals surface area (Å²) in [5.41, 5.74) is 5.66. The van der Waals surface area contributed by atoms with Crippen LogP contribution in [0.2, 0.25) is 0 Å². The second-order valence-electron chi connectivity index (χ2n) is 8.61. The Kier molecular flexibility index (Phi) is 6.87. The fourth-order valence-corrected chi connectivity index (χ4v) is 3.81. The Morgan fingerprint density at radius 3 is 2.53 bits per heavy atom. The largest absolute Gasteiger partial charge is 0.464 e. The van der Waals surface area contributed by atoms with Gasteiger partial charge in [0.05, 0.1) is 23.4 Å². The predicted octanol–water partition coefficient (Wildman–Crippen LogP) is 6.08. The predicted molar refractivity (Wildman–Crippen MR) is 139 cm³/mol. The molecule has 4 rings (SSSR count). The highest BCUT2D eigenvalue weighted by atomic mass is 16.5. The number of rotatable bonds is 7. The first-order chi connectivity index (χ1) is 16.4. The van der Waals surface area contributed by atoms with Gasteiger partial charge in [-0.1, -0.05) is 45.0 Å². The zero-order valence-electron chi connectivity index (χ0n) is 20.4. The van der Waals surface area contributed by atoms with E-state index in [1.807, 2.05) is 62.5 Å². The average Bonchev–Trinajstić information content (AvgIpc) is 2.83. The maximum absolute atomic E-state index is 13.9. The van der Waals surface area contributed by atoms with Crippen molar-refractivity contribution in [2.24, 2.45) is 10.9 Å². The van der Waals surface area contributed by atoms with Crippen LogP contribution in [0, 0.1) is 12.8 Å². The van der Waals surface area contributed by atoms with Crippen LogP contribution in [0.4, 0.5) is 5.69 Å². The monoisotopic (exact) mass is 454 g/mol. The van der Waals surface area contributed by atoms with Crippen molar-refractivity contribution < 1.29 is 4.74 Å². The molecule has 0 unspecified atom stereocenters. The average molecular weight is 455 g/mol. The molecule has 0 radical (unpaired) electrons. The summed E-state index contributed by atoms with van der Waals surface area (Å²) < 4.78 is 7.18. The first-order valence-electron chi connectivity index (χ1n) is 11.7. The van der Waals surface area contributed by atoms with Crippen molar-refractivity contribution in [1.29, 1.82) is 0 Å². The standard InChI is InChI=1S/C28H30N4O2/c1-6-20-8-10-21(11-9-20)25-26-22(16-30-28(31-26)34-7-2)17-32(27(25)33)23-12-13-24(19(5)14-23)29-15-18(3)4/h8-18H,6-7H2,1-5H3/b29-15-. The van der Waals surface area contributed by atoms with Crippen LogP contribution in [0.3, 0.4) is 0 Å². The van der Waals surface area contributed by atoms with E-state index in [0.29, 0.717) is 23.6 Å². The highest BCUT2D eigenvalue weighted by Crippen LogP contribution is 2.28. The first kappa shape index (κ1) is 23.4. The molecule has 0 saturated carbocycles. The number of nitrogens with zero attached hydrogens (tertiary/aromatic N) is 4. The molecule has 0 N–H and O–H groups in total. The molecule has 6 heteroatoms. The molecule has 6 nitrogen and oxygen atoms in total. The van der Waals surface area contributed by atoms with Crippen molar-refractivity contribution in [2.45, 2.75) is 41.0 Å². The number of hydrogen-bond acceptors (Lipinski definition) is 5. The summed E-state index contributed by atoms with van der Waals surface area (Å²) in [6.45, 7) is 10.6. The van der Waals surface area contributed by atoms with E-state index >= 15 is 0 Å². The first-order valence-corrected chi connectivity index (χ1v) is 11.7. The van der Waals surface area contributed by atoms with Crippen molar-refractivity contribution in [3.8, 4) is 22.8 Å². The van der Waals surface area contributed by atoms with Crippen molar-refractivity contribution in [1.82, 2.24) is 14.5 Å². The van der Waals surface area contributed by atoms with Crippen LogP contribution in [0.1, 0.15) is 38.8 Å². The van der Waals surface area contributed by atoms with Crippen LogP contribution in [0.15, 0.2) is 64.6 Å². The van der Waals surface area contributed by atoms with Crippen LogP contribution in [-0.4, -0.2) is 27.4 Å². The van der Waals surface area contributed by atoms with Gasteiger partial charge < -0.3 is 4.74 Å². The van der Waals surface area contributed by atoms with Crippen molar-refractivity contribution in [2.75, 3.05) is 6.61 Å². The Labute approximate surface area is 200 Å². The molecule has 34 heavy (non-hydrogen) atoms. The number of ether oxygens (including phenoxy) is 1. The molecule has 0 saturated heterocycles. The van der Waals surface area contributed by atoms with E-state index in [1.54, 1.807) is 17.0 Å². The van der Waals surface area contributed by atoms with Crippen LogP contribution in [-0.2, 0) is 6.42 Å². The SMILES string of the molecule is CCOc1ncc2cn(-c3ccc(/N=C\C(C)C)c(C)c3)c(=O)c(-c3ccc(CC)cc3)c2n1. The Morgan fingerprint density at radius 1 is 1.12 bits per heavy atom. The molecule has 0 aliphatic heterocycles. The van der Waals surface area contributed by atoms with Crippen LogP contribution in [0.5, 0.6) is 6.01 Å². The van der Waals surface area contributed by atoms with E-state index in [1.165, 1.54) is 5.56 Å². The number of aromatic nitrogens is 3. The molecule has 0 bridgehead atoms. The third kappa shape index (κ3) is 4.76.